The van der Waals surface area contributed by atoms with E-state index in [1.54, 1.807) is 6.20 Å². The Balaban J connectivity index is 1.20. The molecule has 0 atom stereocenters. The lowest BCUT2D eigenvalue weighted by Gasteiger charge is -2.18. The van der Waals surface area contributed by atoms with Gasteiger partial charge in [-0.05, 0) is 111 Å². The number of hydrogen-bond acceptors (Lipinski definition) is 5. The third-order valence-electron chi connectivity index (χ3n) is 7.93. The Morgan fingerprint density at radius 2 is 1.68 bits per heavy atom. The summed E-state index contributed by atoms with van der Waals surface area (Å²) < 4.78 is 12.4. The largest absolute Gasteiger partial charge is 0.493 e. The molecule has 0 spiro atoms. The van der Waals surface area contributed by atoms with Gasteiger partial charge in [-0.3, -0.25) is 10.00 Å². The predicted molar refractivity (Wildman–Crippen MR) is 167 cm³/mol. The number of hydrogen-bond donors (Lipinski definition) is 1. The predicted octanol–water partition coefficient (Wildman–Crippen LogP) is 7.42. The van der Waals surface area contributed by atoms with Crippen molar-refractivity contribution in [2.75, 3.05) is 33.3 Å². The quantitative estimate of drug-likeness (QED) is 0.169. The average Bonchev–Trinajstić information content (AvgIpc) is 3.67. The molecule has 1 N–H and O–H groups in total. The van der Waals surface area contributed by atoms with Gasteiger partial charge in [0.25, 0.3) is 0 Å². The van der Waals surface area contributed by atoms with Gasteiger partial charge in [0.1, 0.15) is 18.1 Å². The molecule has 0 unspecified atom stereocenters. The van der Waals surface area contributed by atoms with E-state index in [1.807, 2.05) is 18.2 Å². The molecular weight excluding hydrogens is 532 g/mol. The van der Waals surface area contributed by atoms with Crippen molar-refractivity contribution in [1.82, 2.24) is 20.0 Å². The first kappa shape index (κ1) is 29.2. The van der Waals surface area contributed by atoms with Crippen molar-refractivity contribution in [3.05, 3.63) is 99.8 Å². The van der Waals surface area contributed by atoms with Crippen molar-refractivity contribution in [3.8, 4) is 22.6 Å². The van der Waals surface area contributed by atoms with Crippen LogP contribution >= 0.6 is 11.6 Å². The van der Waals surface area contributed by atoms with E-state index >= 15 is 0 Å². The summed E-state index contributed by atoms with van der Waals surface area (Å²) in [5, 5.41) is 7.65. The number of halogens is 1. The molecule has 1 saturated heterocycles. The minimum absolute atomic E-state index is 0.449. The van der Waals surface area contributed by atoms with Crippen LogP contribution < -0.4 is 9.47 Å². The standard InChI is InChI=1S/C34H41ClN4O2/c1-25-28(24-41-34-14-13-27(21-32(34)35)22-38(3)23-29-15-16-36-37-29)9-6-10-30(25)31-11-7-12-33(26(31)2)40-20-8-19-39-17-4-5-18-39/h6-7,9-16,21H,4-5,8,17-20,22-24H2,1-3H3,(H,36,37). The van der Waals surface area contributed by atoms with Crippen molar-refractivity contribution in [3.63, 3.8) is 0 Å². The second kappa shape index (κ2) is 14.0. The van der Waals surface area contributed by atoms with E-state index in [4.69, 9.17) is 21.1 Å². The molecule has 7 heteroatoms. The van der Waals surface area contributed by atoms with Gasteiger partial charge in [0.2, 0.25) is 0 Å². The maximum atomic E-state index is 6.64. The number of likely N-dealkylation sites (tertiary alicyclic amines) is 1. The summed E-state index contributed by atoms with van der Waals surface area (Å²) in [5.41, 5.74) is 8.13. The van der Waals surface area contributed by atoms with Gasteiger partial charge in [-0.15, -0.1) is 0 Å². The molecule has 1 aromatic heterocycles. The summed E-state index contributed by atoms with van der Waals surface area (Å²) >= 11 is 6.64. The number of nitrogens with zero attached hydrogens (tertiary/aromatic N) is 3. The summed E-state index contributed by atoms with van der Waals surface area (Å²) in [6.45, 7) is 10.7. The molecule has 0 amide bonds. The average molecular weight is 573 g/mol. The zero-order chi connectivity index (χ0) is 28.6. The lowest BCUT2D eigenvalue weighted by atomic mass is 9.93. The second-order valence-corrected chi connectivity index (χ2v) is 11.5. The molecule has 4 aromatic rings. The summed E-state index contributed by atoms with van der Waals surface area (Å²) in [6, 6.07) is 20.8. The summed E-state index contributed by atoms with van der Waals surface area (Å²) in [5.74, 6) is 1.66. The van der Waals surface area contributed by atoms with E-state index in [-0.39, 0.29) is 0 Å². The van der Waals surface area contributed by atoms with Gasteiger partial charge in [0.15, 0.2) is 0 Å². The minimum atomic E-state index is 0.449. The first-order chi connectivity index (χ1) is 20.0. The highest BCUT2D eigenvalue weighted by Crippen LogP contribution is 2.34. The lowest BCUT2D eigenvalue weighted by molar-refractivity contribution is 0.262. The molecule has 0 saturated carbocycles. The van der Waals surface area contributed by atoms with Gasteiger partial charge in [-0.25, -0.2) is 0 Å². The van der Waals surface area contributed by atoms with Crippen LogP contribution in [0.5, 0.6) is 11.5 Å². The van der Waals surface area contributed by atoms with E-state index in [1.165, 1.54) is 48.2 Å². The molecule has 6 nitrogen and oxygen atoms in total. The maximum absolute atomic E-state index is 6.64. The normalized spacial score (nSPS) is 13.7. The van der Waals surface area contributed by atoms with Crippen LogP contribution in [0.1, 0.15) is 47.2 Å². The third kappa shape index (κ3) is 7.70. The highest BCUT2D eigenvalue weighted by atomic mass is 35.5. The van der Waals surface area contributed by atoms with Gasteiger partial charge >= 0.3 is 0 Å². The Kier molecular flexibility index (Phi) is 9.99. The molecule has 41 heavy (non-hydrogen) atoms. The first-order valence-corrected chi connectivity index (χ1v) is 15.0. The summed E-state index contributed by atoms with van der Waals surface area (Å²) in [7, 11) is 2.08. The summed E-state index contributed by atoms with van der Waals surface area (Å²) in [4.78, 5) is 4.75. The second-order valence-electron chi connectivity index (χ2n) is 11.1. The Morgan fingerprint density at radius 1 is 0.902 bits per heavy atom. The van der Waals surface area contributed by atoms with E-state index in [0.29, 0.717) is 17.4 Å². The van der Waals surface area contributed by atoms with Crippen LogP contribution in [-0.2, 0) is 19.7 Å². The molecule has 1 aliphatic rings. The monoisotopic (exact) mass is 572 g/mol. The smallest absolute Gasteiger partial charge is 0.138 e. The van der Waals surface area contributed by atoms with E-state index in [2.05, 4.69) is 83.4 Å². The highest BCUT2D eigenvalue weighted by Gasteiger charge is 2.14. The minimum Gasteiger partial charge on any atom is -0.493 e. The first-order valence-electron chi connectivity index (χ1n) is 14.6. The van der Waals surface area contributed by atoms with Crippen LogP contribution in [0.15, 0.2) is 66.9 Å². The van der Waals surface area contributed by atoms with Crippen molar-refractivity contribution in [2.45, 2.75) is 52.8 Å². The zero-order valence-electron chi connectivity index (χ0n) is 24.5. The van der Waals surface area contributed by atoms with E-state index in [0.717, 1.165) is 55.2 Å². The molecule has 1 fully saturated rings. The van der Waals surface area contributed by atoms with Gasteiger partial charge in [-0.2, -0.15) is 5.10 Å². The topological polar surface area (TPSA) is 53.6 Å². The Bertz CT molecular complexity index is 1420. The fraction of sp³-hybridized carbons (Fsp3) is 0.382. The number of H-pyrrole nitrogens is 1. The number of benzene rings is 3. The van der Waals surface area contributed by atoms with E-state index < -0.39 is 0 Å². The van der Waals surface area contributed by atoms with Crippen molar-refractivity contribution in [1.29, 1.82) is 0 Å². The SMILES string of the molecule is Cc1c(COc2ccc(CN(C)Cc3ccn[nH]3)cc2Cl)cccc1-c1cccc(OCCCN2CCCC2)c1C. The lowest BCUT2D eigenvalue weighted by Crippen LogP contribution is -2.22. The maximum Gasteiger partial charge on any atom is 0.138 e. The van der Waals surface area contributed by atoms with Crippen LogP contribution in [0.4, 0.5) is 0 Å². The number of ether oxygens (including phenoxy) is 2. The van der Waals surface area contributed by atoms with E-state index in [9.17, 15) is 0 Å². The van der Waals surface area contributed by atoms with Crippen molar-refractivity contribution >= 4 is 11.6 Å². The van der Waals surface area contributed by atoms with Crippen LogP contribution in [0.25, 0.3) is 11.1 Å². The number of rotatable bonds is 13. The molecule has 2 heterocycles. The number of aromatic nitrogens is 2. The van der Waals surface area contributed by atoms with Gasteiger partial charge in [0, 0.05) is 31.5 Å². The molecule has 0 radical (unpaired) electrons. The Hall–Kier alpha value is -3.32. The number of aromatic amines is 1. The fourth-order valence-corrected chi connectivity index (χ4v) is 5.87. The Morgan fingerprint density at radius 3 is 2.44 bits per heavy atom. The molecule has 3 aromatic carbocycles. The third-order valence-corrected chi connectivity index (χ3v) is 8.22. The van der Waals surface area contributed by atoms with Gasteiger partial charge in [-0.1, -0.05) is 48.0 Å². The van der Waals surface area contributed by atoms with Crippen molar-refractivity contribution < 1.29 is 9.47 Å². The molecule has 216 valence electrons. The highest BCUT2D eigenvalue weighted by molar-refractivity contribution is 6.32. The van der Waals surface area contributed by atoms with Crippen LogP contribution in [0, 0.1) is 13.8 Å². The molecule has 1 aliphatic heterocycles. The van der Waals surface area contributed by atoms with Crippen LogP contribution in [0.2, 0.25) is 5.02 Å². The zero-order valence-corrected chi connectivity index (χ0v) is 25.2. The van der Waals surface area contributed by atoms with Crippen molar-refractivity contribution in [2.24, 2.45) is 0 Å². The van der Waals surface area contributed by atoms with Crippen LogP contribution in [-0.4, -0.2) is 53.3 Å². The van der Waals surface area contributed by atoms with Gasteiger partial charge < -0.3 is 14.4 Å². The van der Waals surface area contributed by atoms with Crippen LogP contribution in [0.3, 0.4) is 0 Å². The molecule has 5 rings (SSSR count). The molecule has 0 aliphatic carbocycles. The Labute approximate surface area is 249 Å². The number of nitrogens with one attached hydrogen (secondary N) is 1. The molecular formula is C34H41ClN4O2. The van der Waals surface area contributed by atoms with Gasteiger partial charge in [0.05, 0.1) is 11.6 Å². The summed E-state index contributed by atoms with van der Waals surface area (Å²) in [6.07, 6.45) is 5.49. The molecule has 0 bridgehead atoms. The fourth-order valence-electron chi connectivity index (χ4n) is 5.62.